The van der Waals surface area contributed by atoms with Crippen LogP contribution < -0.4 is 4.90 Å². The molecule has 1 aromatic rings. The molecule has 0 radical (unpaired) electrons. The van der Waals surface area contributed by atoms with Crippen LogP contribution in [0.1, 0.15) is 38.5 Å². The van der Waals surface area contributed by atoms with Crippen molar-refractivity contribution in [2.75, 3.05) is 18.0 Å². The Kier molecular flexibility index (Phi) is 3.71. The van der Waals surface area contributed by atoms with Gasteiger partial charge in [-0.2, -0.15) is 0 Å². The zero-order valence-corrected chi connectivity index (χ0v) is 13.1. The second-order valence-corrected chi connectivity index (χ2v) is 7.00. The standard InChI is InChI=1S/C15H19BrN2O2/c16-12-3-4-13(14(11-12)18(19)20)17-9-7-15(8-10-17)5-1-2-6-15/h3-4,11H,1-2,5-10H2. The molecule has 1 aliphatic heterocycles. The Balaban J connectivity index is 1.79. The largest absolute Gasteiger partial charge is 0.366 e. The Morgan fingerprint density at radius 2 is 1.80 bits per heavy atom. The lowest BCUT2D eigenvalue weighted by Gasteiger charge is -2.40. The summed E-state index contributed by atoms with van der Waals surface area (Å²) in [5.41, 5.74) is 1.52. The Bertz CT molecular complexity index is 517. The molecule has 1 spiro atoms. The second-order valence-electron chi connectivity index (χ2n) is 6.08. The van der Waals surface area contributed by atoms with Crippen LogP contribution >= 0.6 is 15.9 Å². The van der Waals surface area contributed by atoms with E-state index in [0.29, 0.717) is 5.41 Å². The highest BCUT2D eigenvalue weighted by molar-refractivity contribution is 9.10. The number of nitrogens with zero attached hydrogens (tertiary/aromatic N) is 2. The number of hydrogen-bond acceptors (Lipinski definition) is 3. The van der Waals surface area contributed by atoms with Crippen molar-refractivity contribution < 1.29 is 4.92 Å². The molecule has 5 heteroatoms. The number of benzene rings is 1. The van der Waals surface area contributed by atoms with E-state index in [-0.39, 0.29) is 10.6 Å². The first-order valence-electron chi connectivity index (χ1n) is 7.29. The van der Waals surface area contributed by atoms with Crippen LogP contribution in [0, 0.1) is 15.5 Å². The van der Waals surface area contributed by atoms with Crippen molar-refractivity contribution in [1.82, 2.24) is 0 Å². The molecule has 20 heavy (non-hydrogen) atoms. The molecule has 1 aromatic carbocycles. The van der Waals surface area contributed by atoms with Gasteiger partial charge in [0.25, 0.3) is 5.69 Å². The minimum atomic E-state index is -0.278. The predicted molar refractivity (Wildman–Crippen MR) is 83.1 cm³/mol. The summed E-state index contributed by atoms with van der Waals surface area (Å²) in [6.07, 6.45) is 7.78. The third kappa shape index (κ3) is 2.55. The summed E-state index contributed by atoms with van der Waals surface area (Å²) in [4.78, 5) is 13.1. The van der Waals surface area contributed by atoms with Crippen LogP contribution in [0.25, 0.3) is 0 Å². The van der Waals surface area contributed by atoms with Crippen molar-refractivity contribution in [3.05, 3.63) is 32.8 Å². The van der Waals surface area contributed by atoms with Crippen molar-refractivity contribution in [3.8, 4) is 0 Å². The summed E-state index contributed by atoms with van der Waals surface area (Å²) in [5.74, 6) is 0. The van der Waals surface area contributed by atoms with E-state index in [1.165, 1.54) is 38.5 Å². The molecule has 2 aliphatic rings. The fourth-order valence-electron chi connectivity index (χ4n) is 3.76. The molecule has 1 aliphatic carbocycles. The molecule has 0 N–H and O–H groups in total. The number of anilines is 1. The predicted octanol–water partition coefficient (Wildman–Crippen LogP) is 4.52. The third-order valence-electron chi connectivity index (χ3n) is 4.96. The summed E-state index contributed by atoms with van der Waals surface area (Å²) in [6.45, 7) is 1.89. The van der Waals surface area contributed by atoms with E-state index in [1.807, 2.05) is 12.1 Å². The van der Waals surface area contributed by atoms with Crippen molar-refractivity contribution in [1.29, 1.82) is 0 Å². The Morgan fingerprint density at radius 3 is 2.40 bits per heavy atom. The Labute approximate surface area is 127 Å². The highest BCUT2D eigenvalue weighted by Gasteiger charge is 2.37. The summed E-state index contributed by atoms with van der Waals surface area (Å²) < 4.78 is 0.761. The lowest BCUT2D eigenvalue weighted by Crippen LogP contribution is -2.39. The maximum Gasteiger partial charge on any atom is 0.293 e. The molecule has 1 saturated heterocycles. The van der Waals surface area contributed by atoms with E-state index in [4.69, 9.17) is 0 Å². The SMILES string of the molecule is O=[N+]([O-])c1cc(Br)ccc1N1CCC2(CCCC2)CC1. The molecule has 2 fully saturated rings. The topological polar surface area (TPSA) is 46.4 Å². The van der Waals surface area contributed by atoms with Crippen LogP contribution in [0.4, 0.5) is 11.4 Å². The normalized spacial score (nSPS) is 21.4. The molecule has 108 valence electrons. The molecule has 0 unspecified atom stereocenters. The number of halogens is 1. The van der Waals surface area contributed by atoms with Crippen LogP contribution in [-0.4, -0.2) is 18.0 Å². The van der Waals surface area contributed by atoms with Crippen LogP contribution in [0.15, 0.2) is 22.7 Å². The van der Waals surface area contributed by atoms with Gasteiger partial charge in [0.15, 0.2) is 0 Å². The first-order chi connectivity index (χ1) is 9.60. The van der Waals surface area contributed by atoms with Gasteiger partial charge in [0.1, 0.15) is 5.69 Å². The highest BCUT2D eigenvalue weighted by atomic mass is 79.9. The average molecular weight is 339 g/mol. The summed E-state index contributed by atoms with van der Waals surface area (Å²) in [6, 6.07) is 5.37. The van der Waals surface area contributed by atoms with Gasteiger partial charge in [-0.05, 0) is 43.2 Å². The number of hydrogen-bond donors (Lipinski definition) is 0. The van der Waals surface area contributed by atoms with Gasteiger partial charge >= 0.3 is 0 Å². The lowest BCUT2D eigenvalue weighted by molar-refractivity contribution is -0.384. The molecule has 4 nitrogen and oxygen atoms in total. The number of nitro benzene ring substituents is 1. The number of nitro groups is 1. The van der Waals surface area contributed by atoms with Crippen molar-refractivity contribution in [3.63, 3.8) is 0 Å². The smallest absolute Gasteiger partial charge is 0.293 e. The monoisotopic (exact) mass is 338 g/mol. The number of piperidine rings is 1. The van der Waals surface area contributed by atoms with E-state index in [1.54, 1.807) is 6.07 Å². The molecule has 1 heterocycles. The molecule has 1 saturated carbocycles. The molecule has 3 rings (SSSR count). The van der Waals surface area contributed by atoms with Gasteiger partial charge in [-0.1, -0.05) is 28.8 Å². The van der Waals surface area contributed by atoms with Crippen molar-refractivity contribution in [2.24, 2.45) is 5.41 Å². The quantitative estimate of drug-likeness (QED) is 0.588. The first-order valence-corrected chi connectivity index (χ1v) is 8.08. The number of rotatable bonds is 2. The minimum Gasteiger partial charge on any atom is -0.366 e. The summed E-state index contributed by atoms with van der Waals surface area (Å²) in [5, 5.41) is 11.2. The molecule has 0 atom stereocenters. The third-order valence-corrected chi connectivity index (χ3v) is 5.46. The van der Waals surface area contributed by atoms with E-state index in [0.717, 1.165) is 23.2 Å². The van der Waals surface area contributed by atoms with Crippen molar-refractivity contribution in [2.45, 2.75) is 38.5 Å². The van der Waals surface area contributed by atoms with Crippen molar-refractivity contribution >= 4 is 27.3 Å². The van der Waals surface area contributed by atoms with Gasteiger partial charge in [-0.25, -0.2) is 0 Å². The van der Waals surface area contributed by atoms with Gasteiger partial charge in [0.2, 0.25) is 0 Å². The van der Waals surface area contributed by atoms with Gasteiger partial charge in [0, 0.05) is 23.6 Å². The first kappa shape index (κ1) is 13.9. The van der Waals surface area contributed by atoms with Crippen LogP contribution in [0.2, 0.25) is 0 Å². The maximum atomic E-state index is 11.2. The molecule has 0 amide bonds. The zero-order valence-electron chi connectivity index (χ0n) is 11.5. The zero-order chi connectivity index (χ0) is 14.2. The highest BCUT2D eigenvalue weighted by Crippen LogP contribution is 2.47. The van der Waals surface area contributed by atoms with Crippen LogP contribution in [-0.2, 0) is 0 Å². The lowest BCUT2D eigenvalue weighted by atomic mass is 9.77. The van der Waals surface area contributed by atoms with Gasteiger partial charge in [-0.3, -0.25) is 10.1 Å². The van der Waals surface area contributed by atoms with Crippen LogP contribution in [0.5, 0.6) is 0 Å². The summed E-state index contributed by atoms with van der Waals surface area (Å²) >= 11 is 3.31. The maximum absolute atomic E-state index is 11.2. The van der Waals surface area contributed by atoms with E-state index >= 15 is 0 Å². The van der Waals surface area contributed by atoms with Crippen LogP contribution in [0.3, 0.4) is 0 Å². The molecule has 0 aromatic heterocycles. The average Bonchev–Trinajstić information content (AvgIpc) is 2.88. The van der Waals surface area contributed by atoms with E-state index in [2.05, 4.69) is 20.8 Å². The Hall–Kier alpha value is -1.10. The Morgan fingerprint density at radius 1 is 1.15 bits per heavy atom. The molecular formula is C15H19BrN2O2. The van der Waals surface area contributed by atoms with Gasteiger partial charge < -0.3 is 4.90 Å². The molecular weight excluding hydrogens is 320 g/mol. The summed E-state index contributed by atoms with van der Waals surface area (Å²) in [7, 11) is 0. The van der Waals surface area contributed by atoms with Gasteiger partial charge in [0.05, 0.1) is 4.92 Å². The molecule has 0 bridgehead atoms. The fraction of sp³-hybridized carbons (Fsp3) is 0.600. The minimum absolute atomic E-state index is 0.210. The second kappa shape index (κ2) is 5.35. The van der Waals surface area contributed by atoms with Gasteiger partial charge in [-0.15, -0.1) is 0 Å². The van der Waals surface area contributed by atoms with E-state index in [9.17, 15) is 10.1 Å². The fourth-order valence-corrected chi connectivity index (χ4v) is 4.11. The van der Waals surface area contributed by atoms with E-state index < -0.39 is 0 Å².